The first-order valence-electron chi connectivity index (χ1n) is 8.80. The highest BCUT2D eigenvalue weighted by Gasteiger charge is 2.26. The van der Waals surface area contributed by atoms with Crippen LogP contribution >= 0.6 is 0 Å². The average molecular weight is 363 g/mol. The van der Waals surface area contributed by atoms with Crippen molar-refractivity contribution in [2.75, 3.05) is 19.1 Å². The summed E-state index contributed by atoms with van der Waals surface area (Å²) in [6, 6.07) is 11.8. The Hall–Kier alpha value is -3.12. The highest BCUT2D eigenvalue weighted by molar-refractivity contribution is 5.84. The van der Waals surface area contributed by atoms with Crippen LogP contribution in [-0.4, -0.2) is 30.2 Å². The van der Waals surface area contributed by atoms with Gasteiger partial charge in [0.1, 0.15) is 5.82 Å². The van der Waals surface area contributed by atoms with Gasteiger partial charge in [-0.3, -0.25) is 4.79 Å². The number of nitrogens with one attached hydrogen (secondary N) is 1. The highest BCUT2D eigenvalue weighted by Crippen LogP contribution is 2.31. The second kappa shape index (κ2) is 7.25. The Labute approximate surface area is 157 Å². The monoisotopic (exact) mass is 363 g/mol. The van der Waals surface area contributed by atoms with Gasteiger partial charge in [0, 0.05) is 50.0 Å². The summed E-state index contributed by atoms with van der Waals surface area (Å²) in [5.74, 6) is 1.41. The summed E-state index contributed by atoms with van der Waals surface area (Å²) in [6.07, 6.45) is 5.23. The fourth-order valence-electron chi connectivity index (χ4n) is 3.42. The molecule has 0 spiro atoms. The van der Waals surface area contributed by atoms with E-state index in [4.69, 9.17) is 9.15 Å². The molecule has 0 saturated heterocycles. The van der Waals surface area contributed by atoms with Crippen molar-refractivity contribution in [3.63, 3.8) is 0 Å². The summed E-state index contributed by atoms with van der Waals surface area (Å²) >= 11 is 0. The average Bonchev–Trinajstić information content (AvgIpc) is 3.22. The van der Waals surface area contributed by atoms with Crippen LogP contribution in [0.1, 0.15) is 22.6 Å². The van der Waals surface area contributed by atoms with E-state index in [1.54, 1.807) is 19.4 Å². The molecule has 4 rings (SSSR count). The molecule has 6 nitrogen and oxygen atoms in total. The normalized spacial score (nSPS) is 15.9. The van der Waals surface area contributed by atoms with Gasteiger partial charge in [-0.2, -0.15) is 0 Å². The van der Waals surface area contributed by atoms with Gasteiger partial charge < -0.3 is 19.0 Å². The second-order valence-corrected chi connectivity index (χ2v) is 6.65. The minimum Gasteiger partial charge on any atom is -0.444 e. The number of hydrogen-bond acceptors (Lipinski definition) is 5. The molecule has 27 heavy (non-hydrogen) atoms. The smallest absolute Gasteiger partial charge is 0.191 e. The van der Waals surface area contributed by atoms with Crippen LogP contribution in [-0.2, 0) is 17.7 Å². The van der Waals surface area contributed by atoms with E-state index in [2.05, 4.69) is 22.1 Å². The van der Waals surface area contributed by atoms with E-state index in [-0.39, 0.29) is 11.5 Å². The van der Waals surface area contributed by atoms with Crippen LogP contribution < -0.4 is 10.3 Å². The molecule has 0 amide bonds. The van der Waals surface area contributed by atoms with Crippen molar-refractivity contribution < 1.29 is 9.15 Å². The fraction of sp³-hybridized carbons (Fsp3) is 0.238. The molecule has 0 aliphatic heterocycles. The summed E-state index contributed by atoms with van der Waals surface area (Å²) in [6.45, 7) is 0.711. The Morgan fingerprint density at radius 1 is 1.33 bits per heavy atom. The molecule has 138 valence electrons. The van der Waals surface area contributed by atoms with E-state index < -0.39 is 0 Å². The van der Waals surface area contributed by atoms with Crippen molar-refractivity contribution in [3.05, 3.63) is 81.8 Å². The van der Waals surface area contributed by atoms with E-state index in [0.717, 1.165) is 17.1 Å². The van der Waals surface area contributed by atoms with Crippen molar-refractivity contribution >= 4 is 17.5 Å². The minimum atomic E-state index is -0.198. The third kappa shape index (κ3) is 3.44. The van der Waals surface area contributed by atoms with Crippen molar-refractivity contribution in [3.8, 4) is 0 Å². The van der Waals surface area contributed by atoms with E-state index in [1.165, 1.54) is 12.0 Å². The number of aromatic amines is 1. The third-order valence-electron chi connectivity index (χ3n) is 4.85. The van der Waals surface area contributed by atoms with Gasteiger partial charge in [-0.05, 0) is 11.6 Å². The van der Waals surface area contributed by atoms with Crippen molar-refractivity contribution in [2.45, 2.75) is 19.1 Å². The number of oxazole rings is 1. The van der Waals surface area contributed by atoms with Crippen LogP contribution in [0.25, 0.3) is 11.6 Å². The molecule has 6 heteroatoms. The number of nitrogens with zero attached hydrogens (tertiary/aromatic N) is 2. The topological polar surface area (TPSA) is 71.4 Å². The SMILES string of the molecule is COC1Cc2[nH]c(N(C)Cc3ccccc3)cc(=O)c2C=C1c1cnco1. The first-order chi connectivity index (χ1) is 13.2. The Morgan fingerprint density at radius 2 is 2.15 bits per heavy atom. The number of fused-ring (bicyclic) bond motifs is 1. The van der Waals surface area contributed by atoms with Crippen molar-refractivity contribution in [1.29, 1.82) is 0 Å². The molecule has 0 radical (unpaired) electrons. The van der Waals surface area contributed by atoms with Gasteiger partial charge in [-0.25, -0.2) is 4.98 Å². The molecular weight excluding hydrogens is 342 g/mol. The molecule has 1 aliphatic carbocycles. The van der Waals surface area contributed by atoms with E-state index in [1.807, 2.05) is 36.2 Å². The van der Waals surface area contributed by atoms with E-state index >= 15 is 0 Å². The summed E-state index contributed by atoms with van der Waals surface area (Å²) in [5, 5.41) is 0. The Bertz CT molecular complexity index is 1010. The molecule has 1 N–H and O–H groups in total. The molecule has 1 aromatic carbocycles. The van der Waals surface area contributed by atoms with E-state index in [0.29, 0.717) is 24.3 Å². The lowest BCUT2D eigenvalue weighted by Gasteiger charge is -2.26. The zero-order valence-corrected chi connectivity index (χ0v) is 15.3. The molecular formula is C21H21N3O3. The quantitative estimate of drug-likeness (QED) is 0.754. The number of hydrogen-bond donors (Lipinski definition) is 1. The number of methoxy groups -OCH3 is 1. The molecule has 0 fully saturated rings. The van der Waals surface area contributed by atoms with Crippen molar-refractivity contribution in [1.82, 2.24) is 9.97 Å². The van der Waals surface area contributed by atoms with Gasteiger partial charge >= 0.3 is 0 Å². The maximum absolute atomic E-state index is 12.8. The molecule has 0 bridgehead atoms. The summed E-state index contributed by atoms with van der Waals surface area (Å²) < 4.78 is 11.0. The van der Waals surface area contributed by atoms with Gasteiger partial charge in [0.2, 0.25) is 0 Å². The van der Waals surface area contributed by atoms with Crippen LogP contribution in [0.3, 0.4) is 0 Å². The summed E-state index contributed by atoms with van der Waals surface area (Å²) in [4.78, 5) is 22.2. The number of anilines is 1. The number of aromatic nitrogens is 2. The maximum Gasteiger partial charge on any atom is 0.191 e. The molecule has 1 atom stereocenters. The standard InChI is InChI=1S/C21H21N3O3/c1-24(12-14-6-4-3-5-7-14)21-10-18(25)15-8-16(20-11-22-13-27-20)19(26-2)9-17(15)23-21/h3-8,10-11,13,19H,9,12H2,1-2H3,(H,23,25). The first kappa shape index (κ1) is 17.3. The zero-order chi connectivity index (χ0) is 18.8. The maximum atomic E-state index is 12.8. The number of rotatable bonds is 5. The first-order valence-corrected chi connectivity index (χ1v) is 8.80. The van der Waals surface area contributed by atoms with Gasteiger partial charge in [0.25, 0.3) is 0 Å². The fourth-order valence-corrected chi connectivity index (χ4v) is 3.42. The Kier molecular flexibility index (Phi) is 4.64. The van der Waals surface area contributed by atoms with Crippen LogP contribution in [0.15, 0.2) is 58.2 Å². The van der Waals surface area contributed by atoms with Crippen LogP contribution in [0.5, 0.6) is 0 Å². The summed E-state index contributed by atoms with van der Waals surface area (Å²) in [7, 11) is 3.63. The number of ether oxygens (including phenoxy) is 1. The largest absolute Gasteiger partial charge is 0.444 e. The van der Waals surface area contributed by atoms with Crippen LogP contribution in [0.4, 0.5) is 5.82 Å². The Morgan fingerprint density at radius 3 is 2.85 bits per heavy atom. The van der Waals surface area contributed by atoms with Crippen LogP contribution in [0, 0.1) is 0 Å². The predicted molar refractivity (Wildman–Crippen MR) is 104 cm³/mol. The van der Waals surface area contributed by atoms with Crippen LogP contribution in [0.2, 0.25) is 0 Å². The predicted octanol–water partition coefficient (Wildman–Crippen LogP) is 3.11. The molecule has 1 aliphatic rings. The molecule has 3 aromatic rings. The zero-order valence-electron chi connectivity index (χ0n) is 15.3. The molecule has 2 heterocycles. The molecule has 1 unspecified atom stereocenters. The second-order valence-electron chi connectivity index (χ2n) is 6.65. The number of pyridine rings is 1. The van der Waals surface area contributed by atoms with Gasteiger partial charge in [-0.1, -0.05) is 30.3 Å². The summed E-state index contributed by atoms with van der Waals surface area (Å²) in [5.41, 5.74) is 3.50. The number of H-pyrrole nitrogens is 1. The Balaban J connectivity index is 1.69. The van der Waals surface area contributed by atoms with Crippen molar-refractivity contribution in [2.24, 2.45) is 0 Å². The number of benzene rings is 1. The highest BCUT2D eigenvalue weighted by atomic mass is 16.5. The van der Waals surface area contributed by atoms with Gasteiger partial charge in [-0.15, -0.1) is 0 Å². The lowest BCUT2D eigenvalue weighted by molar-refractivity contribution is 0.146. The molecule has 2 aromatic heterocycles. The lowest BCUT2D eigenvalue weighted by Crippen LogP contribution is -2.27. The lowest BCUT2D eigenvalue weighted by atomic mass is 9.92. The third-order valence-corrected chi connectivity index (χ3v) is 4.85. The molecule has 0 saturated carbocycles. The minimum absolute atomic E-state index is 0.0229. The van der Waals surface area contributed by atoms with E-state index in [9.17, 15) is 4.79 Å². The van der Waals surface area contributed by atoms with Gasteiger partial charge in [0.05, 0.1) is 12.3 Å². The van der Waals surface area contributed by atoms with Gasteiger partial charge in [0.15, 0.2) is 17.6 Å².